The van der Waals surface area contributed by atoms with Crippen LogP contribution in [0.3, 0.4) is 0 Å². The molecule has 0 N–H and O–H groups in total. The SMILES string of the molecule is CCC1CCCN(CCC(=O)c2ccccc2Br)CC1. The van der Waals surface area contributed by atoms with E-state index in [9.17, 15) is 4.79 Å². The molecule has 2 nitrogen and oxygen atoms in total. The molecule has 0 saturated carbocycles. The Kier molecular flexibility index (Phi) is 6.24. The van der Waals surface area contributed by atoms with Crippen molar-refractivity contribution >= 4 is 21.7 Å². The van der Waals surface area contributed by atoms with Gasteiger partial charge in [-0.05, 0) is 44.3 Å². The highest BCUT2D eigenvalue weighted by molar-refractivity contribution is 9.10. The molecule has 1 atom stereocenters. The summed E-state index contributed by atoms with van der Waals surface area (Å²) in [6.45, 7) is 5.49. The quantitative estimate of drug-likeness (QED) is 0.735. The van der Waals surface area contributed by atoms with E-state index in [2.05, 4.69) is 27.8 Å². The van der Waals surface area contributed by atoms with E-state index >= 15 is 0 Å². The summed E-state index contributed by atoms with van der Waals surface area (Å²) >= 11 is 3.46. The summed E-state index contributed by atoms with van der Waals surface area (Å²) in [4.78, 5) is 14.7. The molecule has 0 amide bonds. The van der Waals surface area contributed by atoms with E-state index in [4.69, 9.17) is 0 Å². The fraction of sp³-hybridized carbons (Fsp3) is 0.588. The van der Waals surface area contributed by atoms with E-state index in [1.54, 1.807) is 0 Å². The topological polar surface area (TPSA) is 20.3 Å². The molecule has 110 valence electrons. The molecule has 1 aliphatic rings. The van der Waals surface area contributed by atoms with Crippen LogP contribution in [0.2, 0.25) is 0 Å². The van der Waals surface area contributed by atoms with Gasteiger partial charge in [-0.3, -0.25) is 4.79 Å². The van der Waals surface area contributed by atoms with Crippen molar-refractivity contribution in [2.45, 2.75) is 39.0 Å². The predicted molar refractivity (Wildman–Crippen MR) is 87.2 cm³/mol. The van der Waals surface area contributed by atoms with Gasteiger partial charge in [-0.15, -0.1) is 0 Å². The Morgan fingerprint density at radius 1 is 1.30 bits per heavy atom. The van der Waals surface area contributed by atoms with Gasteiger partial charge in [0.25, 0.3) is 0 Å². The van der Waals surface area contributed by atoms with Crippen LogP contribution in [0.25, 0.3) is 0 Å². The van der Waals surface area contributed by atoms with Crippen molar-refractivity contribution in [2.75, 3.05) is 19.6 Å². The molecule has 0 aliphatic carbocycles. The van der Waals surface area contributed by atoms with Crippen LogP contribution in [-0.4, -0.2) is 30.3 Å². The van der Waals surface area contributed by atoms with Crippen LogP contribution < -0.4 is 0 Å². The molecule has 1 aromatic carbocycles. The molecular weight excluding hydrogens is 314 g/mol. The Balaban J connectivity index is 1.83. The van der Waals surface area contributed by atoms with Crippen molar-refractivity contribution in [1.82, 2.24) is 4.90 Å². The van der Waals surface area contributed by atoms with Gasteiger partial charge in [-0.1, -0.05) is 47.5 Å². The van der Waals surface area contributed by atoms with Crippen LogP contribution in [0, 0.1) is 5.92 Å². The number of benzene rings is 1. The molecule has 0 aromatic heterocycles. The Morgan fingerprint density at radius 3 is 2.85 bits per heavy atom. The number of hydrogen-bond acceptors (Lipinski definition) is 2. The van der Waals surface area contributed by atoms with Gasteiger partial charge in [0.2, 0.25) is 0 Å². The molecule has 0 spiro atoms. The highest BCUT2D eigenvalue weighted by Crippen LogP contribution is 2.21. The van der Waals surface area contributed by atoms with Crippen molar-refractivity contribution < 1.29 is 4.79 Å². The lowest BCUT2D eigenvalue weighted by molar-refractivity contribution is 0.0964. The number of carbonyl (C=O) groups excluding carboxylic acids is 1. The summed E-state index contributed by atoms with van der Waals surface area (Å²) in [5.74, 6) is 1.13. The minimum Gasteiger partial charge on any atom is -0.303 e. The molecule has 3 heteroatoms. The molecule has 0 bridgehead atoms. The Hall–Kier alpha value is -0.670. The average Bonchev–Trinajstić information content (AvgIpc) is 2.70. The molecule has 1 saturated heterocycles. The van der Waals surface area contributed by atoms with E-state index in [0.29, 0.717) is 6.42 Å². The third kappa shape index (κ3) is 4.42. The third-order valence-electron chi connectivity index (χ3n) is 4.35. The maximum atomic E-state index is 12.3. The largest absolute Gasteiger partial charge is 0.303 e. The van der Waals surface area contributed by atoms with E-state index in [-0.39, 0.29) is 5.78 Å². The van der Waals surface area contributed by atoms with Crippen LogP contribution in [0.1, 0.15) is 49.4 Å². The number of carbonyl (C=O) groups is 1. The summed E-state index contributed by atoms with van der Waals surface area (Å²) in [5, 5.41) is 0. The normalized spacial score (nSPS) is 20.6. The minimum atomic E-state index is 0.244. The lowest BCUT2D eigenvalue weighted by Gasteiger charge is -2.19. The van der Waals surface area contributed by atoms with Gasteiger partial charge >= 0.3 is 0 Å². The first-order valence-corrected chi connectivity index (χ1v) is 8.50. The summed E-state index contributed by atoms with van der Waals surface area (Å²) in [6.07, 6.45) is 5.84. The van der Waals surface area contributed by atoms with Crippen molar-refractivity contribution in [2.24, 2.45) is 5.92 Å². The molecule has 20 heavy (non-hydrogen) atoms. The molecule has 1 fully saturated rings. The van der Waals surface area contributed by atoms with Crippen molar-refractivity contribution in [3.05, 3.63) is 34.3 Å². The summed E-state index contributed by atoms with van der Waals surface area (Å²) < 4.78 is 0.909. The third-order valence-corrected chi connectivity index (χ3v) is 5.04. The number of halogens is 1. The van der Waals surface area contributed by atoms with E-state index < -0.39 is 0 Å². The zero-order valence-electron chi connectivity index (χ0n) is 12.3. The molecule has 1 unspecified atom stereocenters. The maximum absolute atomic E-state index is 12.3. The van der Waals surface area contributed by atoms with Crippen molar-refractivity contribution in [3.8, 4) is 0 Å². The number of nitrogens with zero attached hydrogens (tertiary/aromatic N) is 1. The zero-order chi connectivity index (χ0) is 14.4. The van der Waals surface area contributed by atoms with E-state index in [1.165, 1.54) is 25.7 Å². The second-order valence-electron chi connectivity index (χ2n) is 5.70. The zero-order valence-corrected chi connectivity index (χ0v) is 13.9. The maximum Gasteiger partial charge on any atom is 0.165 e. The predicted octanol–water partition coefficient (Wildman–Crippen LogP) is 4.53. The fourth-order valence-corrected chi connectivity index (χ4v) is 3.44. The molecule has 0 radical (unpaired) electrons. The first-order chi connectivity index (χ1) is 9.70. The number of likely N-dealkylation sites (tertiary alicyclic amines) is 1. The molecule has 2 rings (SSSR count). The lowest BCUT2D eigenvalue weighted by Crippen LogP contribution is -2.27. The molecule has 1 aliphatic heterocycles. The van der Waals surface area contributed by atoms with Crippen LogP contribution >= 0.6 is 15.9 Å². The smallest absolute Gasteiger partial charge is 0.165 e. The monoisotopic (exact) mass is 337 g/mol. The van der Waals surface area contributed by atoms with E-state index in [0.717, 1.165) is 35.6 Å². The van der Waals surface area contributed by atoms with E-state index in [1.807, 2.05) is 24.3 Å². The van der Waals surface area contributed by atoms with Gasteiger partial charge in [0.15, 0.2) is 5.78 Å². The Labute approximate surface area is 130 Å². The molecule has 1 aromatic rings. The van der Waals surface area contributed by atoms with Crippen molar-refractivity contribution in [1.29, 1.82) is 0 Å². The highest BCUT2D eigenvalue weighted by Gasteiger charge is 2.17. The van der Waals surface area contributed by atoms with Gasteiger partial charge in [0.05, 0.1) is 0 Å². The molecule has 1 heterocycles. The Morgan fingerprint density at radius 2 is 2.10 bits per heavy atom. The standard InChI is InChI=1S/C17H24BrNO/c1-2-14-6-5-11-19(12-9-14)13-10-17(20)15-7-3-4-8-16(15)18/h3-4,7-8,14H,2,5-6,9-13H2,1H3. The fourth-order valence-electron chi connectivity index (χ4n) is 2.94. The first-order valence-electron chi connectivity index (χ1n) is 7.70. The summed E-state index contributed by atoms with van der Waals surface area (Å²) in [7, 11) is 0. The second kappa shape index (κ2) is 7.94. The van der Waals surface area contributed by atoms with Crippen LogP contribution in [0.4, 0.5) is 0 Å². The molecular formula is C17H24BrNO. The van der Waals surface area contributed by atoms with Crippen molar-refractivity contribution in [3.63, 3.8) is 0 Å². The average molecular weight is 338 g/mol. The Bertz CT molecular complexity index is 446. The van der Waals surface area contributed by atoms with Gasteiger partial charge in [0.1, 0.15) is 0 Å². The van der Waals surface area contributed by atoms with Crippen LogP contribution in [0.15, 0.2) is 28.7 Å². The number of ketones is 1. The highest BCUT2D eigenvalue weighted by atomic mass is 79.9. The van der Waals surface area contributed by atoms with Gasteiger partial charge in [0, 0.05) is 23.0 Å². The second-order valence-corrected chi connectivity index (χ2v) is 6.55. The van der Waals surface area contributed by atoms with Gasteiger partial charge in [-0.2, -0.15) is 0 Å². The lowest BCUT2D eigenvalue weighted by atomic mass is 9.98. The number of rotatable bonds is 5. The first kappa shape index (κ1) is 15.7. The van der Waals surface area contributed by atoms with Gasteiger partial charge < -0.3 is 4.90 Å². The number of hydrogen-bond donors (Lipinski definition) is 0. The minimum absolute atomic E-state index is 0.244. The van der Waals surface area contributed by atoms with Gasteiger partial charge in [-0.25, -0.2) is 0 Å². The summed E-state index contributed by atoms with van der Waals surface area (Å²) in [6, 6.07) is 7.71. The van der Waals surface area contributed by atoms with Crippen LogP contribution in [0.5, 0.6) is 0 Å². The summed E-state index contributed by atoms with van der Waals surface area (Å²) in [5.41, 5.74) is 0.814. The number of Topliss-reactive ketones (excluding diaryl/α,β-unsaturated/α-hetero) is 1. The van der Waals surface area contributed by atoms with Crippen LogP contribution in [-0.2, 0) is 0 Å².